The molecule has 2 aliphatic rings. The van der Waals surface area contributed by atoms with E-state index in [4.69, 9.17) is 0 Å². The maximum atomic E-state index is 4.33. The lowest BCUT2D eigenvalue weighted by Gasteiger charge is -2.24. The van der Waals surface area contributed by atoms with Gasteiger partial charge in [0.15, 0.2) is 0 Å². The summed E-state index contributed by atoms with van der Waals surface area (Å²) in [7, 11) is 4.42. The Kier molecular flexibility index (Phi) is 3.31. The number of rotatable bonds is 4. The highest BCUT2D eigenvalue weighted by atomic mass is 15.2. The molecule has 1 aromatic heterocycles. The summed E-state index contributed by atoms with van der Waals surface area (Å²) in [5.41, 5.74) is 0. The van der Waals surface area contributed by atoms with E-state index in [-0.39, 0.29) is 0 Å². The number of likely N-dealkylation sites (tertiary alicyclic amines) is 1. The van der Waals surface area contributed by atoms with E-state index in [1.165, 1.54) is 19.4 Å². The number of hydrogen-bond acceptors (Lipinski definition) is 4. The second-order valence-corrected chi connectivity index (χ2v) is 5.89. The zero-order valence-electron chi connectivity index (χ0n) is 11.3. The molecule has 0 aromatic carbocycles. The molecular formula is C14H22N4. The monoisotopic (exact) mass is 246 g/mol. The van der Waals surface area contributed by atoms with Crippen molar-refractivity contribution >= 4 is 0 Å². The van der Waals surface area contributed by atoms with E-state index < -0.39 is 0 Å². The Morgan fingerprint density at radius 2 is 1.94 bits per heavy atom. The molecule has 4 heteroatoms. The Morgan fingerprint density at radius 3 is 2.56 bits per heavy atom. The van der Waals surface area contributed by atoms with Gasteiger partial charge in [-0.15, -0.1) is 0 Å². The number of hydrogen-bond donors (Lipinski definition) is 0. The van der Waals surface area contributed by atoms with Crippen LogP contribution in [-0.4, -0.2) is 53.0 Å². The van der Waals surface area contributed by atoms with Crippen molar-refractivity contribution in [2.75, 3.05) is 27.2 Å². The molecule has 2 heterocycles. The predicted octanol–water partition coefficient (Wildman–Crippen LogP) is 1.25. The third kappa shape index (κ3) is 2.54. The molecule has 4 nitrogen and oxygen atoms in total. The highest BCUT2D eigenvalue weighted by Crippen LogP contribution is 2.42. The Hall–Kier alpha value is -1.00. The van der Waals surface area contributed by atoms with Crippen LogP contribution in [0.1, 0.15) is 18.7 Å². The van der Waals surface area contributed by atoms with Crippen LogP contribution in [0.3, 0.4) is 0 Å². The Morgan fingerprint density at radius 1 is 1.22 bits per heavy atom. The average Bonchev–Trinajstić information content (AvgIpc) is 3.12. The fourth-order valence-corrected chi connectivity index (χ4v) is 3.17. The maximum absolute atomic E-state index is 4.33. The Labute approximate surface area is 109 Å². The quantitative estimate of drug-likeness (QED) is 0.800. The van der Waals surface area contributed by atoms with Crippen LogP contribution in [0.25, 0.3) is 0 Å². The van der Waals surface area contributed by atoms with Gasteiger partial charge in [0, 0.05) is 31.5 Å². The third-order valence-corrected chi connectivity index (χ3v) is 4.28. The zero-order valence-corrected chi connectivity index (χ0v) is 11.3. The van der Waals surface area contributed by atoms with Gasteiger partial charge in [-0.05, 0) is 44.8 Å². The molecule has 0 radical (unpaired) electrons. The number of aromatic nitrogens is 2. The van der Waals surface area contributed by atoms with E-state index in [2.05, 4.69) is 33.9 Å². The minimum absolute atomic E-state index is 0.709. The molecule has 0 amide bonds. The molecule has 1 aliphatic carbocycles. The van der Waals surface area contributed by atoms with E-state index in [0.717, 1.165) is 30.7 Å². The van der Waals surface area contributed by atoms with Crippen molar-refractivity contribution < 1.29 is 0 Å². The fraction of sp³-hybridized carbons (Fsp3) is 0.714. The van der Waals surface area contributed by atoms with Gasteiger partial charge in [-0.2, -0.15) is 0 Å². The molecule has 0 unspecified atom stereocenters. The molecular weight excluding hydrogens is 224 g/mol. The van der Waals surface area contributed by atoms with Crippen LogP contribution in [-0.2, 0) is 6.54 Å². The Bertz CT molecular complexity index is 378. The van der Waals surface area contributed by atoms with Crippen molar-refractivity contribution in [2.45, 2.75) is 25.4 Å². The molecule has 2 atom stereocenters. The lowest BCUT2D eigenvalue weighted by molar-refractivity contribution is 0.233. The Balaban J connectivity index is 1.65. The summed E-state index contributed by atoms with van der Waals surface area (Å²) in [6.07, 6.45) is 6.54. The van der Waals surface area contributed by atoms with E-state index in [9.17, 15) is 0 Å². The van der Waals surface area contributed by atoms with Crippen molar-refractivity contribution in [3.05, 3.63) is 24.3 Å². The van der Waals surface area contributed by atoms with Gasteiger partial charge in [0.05, 0.1) is 6.54 Å². The standard InChI is InChI=1S/C14H22N4/c1-17(2)13-9-18(8-12(13)11-4-5-11)10-14-15-6-3-7-16-14/h3,6-7,11-13H,4-5,8-10H2,1-2H3/t12-,13+/m1/s1. The molecule has 2 fully saturated rings. The average molecular weight is 246 g/mol. The van der Waals surface area contributed by atoms with Gasteiger partial charge in [-0.3, -0.25) is 4.90 Å². The fourth-order valence-electron chi connectivity index (χ4n) is 3.17. The van der Waals surface area contributed by atoms with E-state index in [0.29, 0.717) is 6.04 Å². The van der Waals surface area contributed by atoms with Gasteiger partial charge in [0.1, 0.15) is 5.82 Å². The summed E-state index contributed by atoms with van der Waals surface area (Å²) in [6.45, 7) is 3.27. The second kappa shape index (κ2) is 4.94. The van der Waals surface area contributed by atoms with Crippen molar-refractivity contribution in [2.24, 2.45) is 11.8 Å². The van der Waals surface area contributed by atoms with E-state index in [1.807, 2.05) is 18.5 Å². The highest BCUT2D eigenvalue weighted by Gasteiger charge is 2.43. The first kappa shape index (κ1) is 12.1. The summed E-state index contributed by atoms with van der Waals surface area (Å²) < 4.78 is 0. The number of likely N-dealkylation sites (N-methyl/N-ethyl adjacent to an activating group) is 1. The van der Waals surface area contributed by atoms with Gasteiger partial charge in [0.2, 0.25) is 0 Å². The van der Waals surface area contributed by atoms with Crippen molar-refractivity contribution in [1.82, 2.24) is 19.8 Å². The zero-order chi connectivity index (χ0) is 12.5. The highest BCUT2D eigenvalue weighted by molar-refractivity contribution is 4.98. The molecule has 1 aromatic rings. The summed E-state index contributed by atoms with van der Waals surface area (Å²) in [6, 6.07) is 2.59. The summed E-state index contributed by atoms with van der Waals surface area (Å²) in [5, 5.41) is 0. The van der Waals surface area contributed by atoms with E-state index in [1.54, 1.807) is 0 Å². The molecule has 1 saturated heterocycles. The lowest BCUT2D eigenvalue weighted by Crippen LogP contribution is -2.36. The molecule has 1 aliphatic heterocycles. The first-order chi connectivity index (χ1) is 8.74. The minimum Gasteiger partial charge on any atom is -0.305 e. The third-order valence-electron chi connectivity index (χ3n) is 4.28. The molecule has 0 bridgehead atoms. The maximum Gasteiger partial charge on any atom is 0.142 e. The largest absolute Gasteiger partial charge is 0.305 e. The molecule has 98 valence electrons. The normalized spacial score (nSPS) is 29.1. The van der Waals surface area contributed by atoms with Gasteiger partial charge >= 0.3 is 0 Å². The minimum atomic E-state index is 0.709. The second-order valence-electron chi connectivity index (χ2n) is 5.89. The number of nitrogens with zero attached hydrogens (tertiary/aromatic N) is 4. The molecule has 18 heavy (non-hydrogen) atoms. The smallest absolute Gasteiger partial charge is 0.142 e. The molecule has 3 rings (SSSR count). The van der Waals surface area contributed by atoms with Gasteiger partial charge < -0.3 is 4.90 Å². The van der Waals surface area contributed by atoms with Crippen LogP contribution >= 0.6 is 0 Å². The van der Waals surface area contributed by atoms with Crippen molar-refractivity contribution in [1.29, 1.82) is 0 Å². The topological polar surface area (TPSA) is 32.3 Å². The van der Waals surface area contributed by atoms with Crippen LogP contribution < -0.4 is 0 Å². The van der Waals surface area contributed by atoms with Crippen LogP contribution in [0.2, 0.25) is 0 Å². The van der Waals surface area contributed by atoms with Crippen molar-refractivity contribution in [3.8, 4) is 0 Å². The van der Waals surface area contributed by atoms with Gasteiger partial charge in [-0.25, -0.2) is 9.97 Å². The van der Waals surface area contributed by atoms with Crippen LogP contribution in [0.4, 0.5) is 0 Å². The first-order valence-electron chi connectivity index (χ1n) is 6.88. The molecule has 1 saturated carbocycles. The predicted molar refractivity (Wildman–Crippen MR) is 71.0 cm³/mol. The summed E-state index contributed by atoms with van der Waals surface area (Å²) >= 11 is 0. The van der Waals surface area contributed by atoms with Crippen LogP contribution in [0.5, 0.6) is 0 Å². The van der Waals surface area contributed by atoms with Gasteiger partial charge in [-0.1, -0.05) is 0 Å². The van der Waals surface area contributed by atoms with Crippen molar-refractivity contribution in [3.63, 3.8) is 0 Å². The van der Waals surface area contributed by atoms with Crippen LogP contribution in [0.15, 0.2) is 18.5 Å². The SMILES string of the molecule is CN(C)[C@H]1CN(Cc2ncccn2)C[C@@H]1C1CC1. The lowest BCUT2D eigenvalue weighted by atomic mass is 9.97. The summed E-state index contributed by atoms with van der Waals surface area (Å²) in [5.74, 6) is 2.77. The molecule has 0 spiro atoms. The van der Waals surface area contributed by atoms with Gasteiger partial charge in [0.25, 0.3) is 0 Å². The first-order valence-corrected chi connectivity index (χ1v) is 6.88. The van der Waals surface area contributed by atoms with Crippen LogP contribution in [0, 0.1) is 11.8 Å². The van der Waals surface area contributed by atoms with E-state index >= 15 is 0 Å². The molecule has 0 N–H and O–H groups in total. The summed E-state index contributed by atoms with van der Waals surface area (Å²) in [4.78, 5) is 13.6.